The van der Waals surface area contributed by atoms with E-state index < -0.39 is 5.41 Å². The standard InChI is InChI=1S/C55H34N2S/c1-3-17-40(18-4-1)55(41-19-5-2-6-20-41)46-24-9-7-21-42(46)45-33-39-32-36(29-30-37(39)34-47(45)55)35-15-13-16-38(31-35)53-54(57-49-26-11-10-25-48(49)56-53)44-23-14-28-51-52(44)43-22-8-12-27-50(43)58-51/h1-34H. The Hall–Kier alpha value is -7.20. The van der Waals surface area contributed by atoms with Crippen LogP contribution >= 0.6 is 11.3 Å². The van der Waals surface area contributed by atoms with Gasteiger partial charge in [-0.15, -0.1) is 11.3 Å². The molecule has 0 fully saturated rings. The van der Waals surface area contributed by atoms with Crippen LogP contribution in [0.25, 0.3) is 86.7 Å². The van der Waals surface area contributed by atoms with E-state index >= 15 is 0 Å². The van der Waals surface area contributed by atoms with Gasteiger partial charge in [-0.2, -0.15) is 0 Å². The Morgan fingerprint density at radius 3 is 1.79 bits per heavy atom. The number of fused-ring (bicyclic) bond motifs is 8. The van der Waals surface area contributed by atoms with Gasteiger partial charge < -0.3 is 0 Å². The van der Waals surface area contributed by atoms with Crippen molar-refractivity contribution in [3.63, 3.8) is 0 Å². The van der Waals surface area contributed by atoms with E-state index in [2.05, 4.69) is 194 Å². The van der Waals surface area contributed by atoms with Crippen LogP contribution in [0.5, 0.6) is 0 Å². The number of aromatic nitrogens is 2. The lowest BCUT2D eigenvalue weighted by atomic mass is 9.67. The molecule has 0 saturated heterocycles. The zero-order chi connectivity index (χ0) is 38.2. The van der Waals surface area contributed by atoms with Gasteiger partial charge >= 0.3 is 0 Å². The molecule has 12 rings (SSSR count). The van der Waals surface area contributed by atoms with E-state index in [1.807, 2.05) is 23.5 Å². The number of thiophene rings is 1. The van der Waals surface area contributed by atoms with Crippen molar-refractivity contribution < 1.29 is 0 Å². The first-order chi connectivity index (χ1) is 28.7. The second kappa shape index (κ2) is 12.9. The van der Waals surface area contributed by atoms with Gasteiger partial charge in [0, 0.05) is 31.3 Å². The smallest absolute Gasteiger partial charge is 0.0979 e. The number of nitrogens with zero attached hydrogens (tertiary/aromatic N) is 2. The summed E-state index contributed by atoms with van der Waals surface area (Å²) in [5.74, 6) is 0. The zero-order valence-corrected chi connectivity index (χ0v) is 32.2. The maximum atomic E-state index is 5.35. The Morgan fingerprint density at radius 1 is 0.362 bits per heavy atom. The van der Waals surface area contributed by atoms with Gasteiger partial charge in [0.15, 0.2) is 0 Å². The molecule has 3 heteroatoms. The van der Waals surface area contributed by atoms with Gasteiger partial charge in [-0.05, 0) is 104 Å². The summed E-state index contributed by atoms with van der Waals surface area (Å²) in [6.07, 6.45) is 0. The summed E-state index contributed by atoms with van der Waals surface area (Å²) in [5, 5.41) is 4.93. The van der Waals surface area contributed by atoms with Gasteiger partial charge in [0.05, 0.1) is 27.8 Å². The first-order valence-electron chi connectivity index (χ1n) is 19.8. The number of rotatable bonds is 5. The van der Waals surface area contributed by atoms with E-state index in [9.17, 15) is 0 Å². The molecule has 0 bridgehead atoms. The molecule has 0 amide bonds. The van der Waals surface area contributed by atoms with Gasteiger partial charge in [-0.25, -0.2) is 9.97 Å². The molecule has 2 aromatic heterocycles. The van der Waals surface area contributed by atoms with Crippen LogP contribution in [0.3, 0.4) is 0 Å². The molecule has 0 atom stereocenters. The molecule has 1 aliphatic carbocycles. The van der Waals surface area contributed by atoms with Gasteiger partial charge in [0.25, 0.3) is 0 Å². The first kappa shape index (κ1) is 33.0. The molecule has 270 valence electrons. The lowest BCUT2D eigenvalue weighted by molar-refractivity contribution is 0.769. The van der Waals surface area contributed by atoms with E-state index in [-0.39, 0.29) is 0 Å². The minimum atomic E-state index is -0.423. The highest BCUT2D eigenvalue weighted by Gasteiger charge is 2.46. The van der Waals surface area contributed by atoms with E-state index in [1.165, 1.54) is 69.9 Å². The van der Waals surface area contributed by atoms with E-state index in [0.29, 0.717) is 0 Å². The number of hydrogen-bond donors (Lipinski definition) is 0. The van der Waals surface area contributed by atoms with Crippen molar-refractivity contribution >= 4 is 53.3 Å². The Morgan fingerprint density at radius 2 is 0.983 bits per heavy atom. The molecule has 58 heavy (non-hydrogen) atoms. The Bertz CT molecular complexity index is 3360. The Balaban J connectivity index is 1.03. The van der Waals surface area contributed by atoms with Crippen molar-refractivity contribution in [2.24, 2.45) is 0 Å². The predicted molar refractivity (Wildman–Crippen MR) is 244 cm³/mol. The Kier molecular flexibility index (Phi) is 7.35. The molecule has 0 N–H and O–H groups in total. The molecule has 11 aromatic rings. The summed E-state index contributed by atoms with van der Waals surface area (Å²) in [6.45, 7) is 0. The summed E-state index contributed by atoms with van der Waals surface area (Å²) >= 11 is 1.83. The van der Waals surface area contributed by atoms with Crippen LogP contribution in [0.2, 0.25) is 0 Å². The largest absolute Gasteiger partial charge is 0.244 e. The van der Waals surface area contributed by atoms with Crippen molar-refractivity contribution in [2.75, 3.05) is 0 Å². The maximum Gasteiger partial charge on any atom is 0.0979 e. The fourth-order valence-electron chi connectivity index (χ4n) is 9.57. The lowest BCUT2D eigenvalue weighted by Gasteiger charge is -2.34. The Labute approximate surface area is 340 Å². The minimum Gasteiger partial charge on any atom is -0.244 e. The third-order valence-corrected chi connectivity index (χ3v) is 13.2. The third-order valence-electron chi connectivity index (χ3n) is 12.1. The summed E-state index contributed by atoms with van der Waals surface area (Å²) in [7, 11) is 0. The lowest BCUT2D eigenvalue weighted by Crippen LogP contribution is -2.28. The first-order valence-corrected chi connectivity index (χ1v) is 20.6. The summed E-state index contributed by atoms with van der Waals surface area (Å²) in [6, 6.07) is 75.1. The van der Waals surface area contributed by atoms with Gasteiger partial charge in [-0.3, -0.25) is 0 Å². The fraction of sp³-hybridized carbons (Fsp3) is 0.0182. The van der Waals surface area contributed by atoms with Crippen LogP contribution in [-0.2, 0) is 5.41 Å². The number of hydrogen-bond acceptors (Lipinski definition) is 3. The van der Waals surface area contributed by atoms with Gasteiger partial charge in [0.2, 0.25) is 0 Å². The van der Waals surface area contributed by atoms with Crippen LogP contribution < -0.4 is 0 Å². The molecule has 0 aliphatic heterocycles. The maximum absolute atomic E-state index is 5.35. The van der Waals surface area contributed by atoms with Gasteiger partial charge in [0.1, 0.15) is 0 Å². The number of para-hydroxylation sites is 2. The normalized spacial score (nSPS) is 13.0. The van der Waals surface area contributed by atoms with Crippen LogP contribution in [0, 0.1) is 0 Å². The summed E-state index contributed by atoms with van der Waals surface area (Å²) in [4.78, 5) is 10.7. The molecule has 0 spiro atoms. The fourth-order valence-corrected chi connectivity index (χ4v) is 10.7. The van der Waals surface area contributed by atoms with E-state index in [4.69, 9.17) is 9.97 Å². The molecule has 9 aromatic carbocycles. The SMILES string of the molecule is c1ccc(C2(c3ccccc3)c3ccccc3-c3cc4cc(-c5cccc(-c6nc7ccccc7nc6-c6cccc7sc8ccccc8c67)c5)ccc4cc32)cc1. The average Bonchev–Trinajstić information content (AvgIpc) is 3.82. The molecule has 0 radical (unpaired) electrons. The molecule has 0 saturated carbocycles. The molecular weight excluding hydrogens is 721 g/mol. The molecule has 2 heterocycles. The number of benzene rings is 9. The van der Waals surface area contributed by atoms with Crippen molar-refractivity contribution in [3.05, 3.63) is 229 Å². The summed E-state index contributed by atoms with van der Waals surface area (Å²) < 4.78 is 2.53. The topological polar surface area (TPSA) is 25.8 Å². The molecule has 1 aliphatic rings. The molecule has 0 unspecified atom stereocenters. The monoisotopic (exact) mass is 754 g/mol. The highest BCUT2D eigenvalue weighted by Crippen LogP contribution is 2.57. The van der Waals surface area contributed by atoms with E-state index in [1.54, 1.807) is 0 Å². The van der Waals surface area contributed by atoms with Gasteiger partial charge in [-0.1, -0.05) is 158 Å². The van der Waals surface area contributed by atoms with Crippen LogP contribution in [0.1, 0.15) is 22.3 Å². The quantitative estimate of drug-likeness (QED) is 0.175. The predicted octanol–water partition coefficient (Wildman–Crippen LogP) is 14.5. The van der Waals surface area contributed by atoms with Crippen molar-refractivity contribution in [3.8, 4) is 44.8 Å². The zero-order valence-electron chi connectivity index (χ0n) is 31.4. The highest BCUT2D eigenvalue weighted by molar-refractivity contribution is 7.25. The molecular formula is C55H34N2S. The second-order valence-corrected chi connectivity index (χ2v) is 16.3. The molecule has 2 nitrogen and oxygen atoms in total. The minimum absolute atomic E-state index is 0.423. The summed E-state index contributed by atoms with van der Waals surface area (Å²) in [5.41, 5.74) is 15.4. The average molecular weight is 755 g/mol. The van der Waals surface area contributed by atoms with Crippen LogP contribution in [-0.4, -0.2) is 9.97 Å². The van der Waals surface area contributed by atoms with Crippen molar-refractivity contribution in [1.29, 1.82) is 0 Å². The van der Waals surface area contributed by atoms with Crippen LogP contribution in [0.15, 0.2) is 206 Å². The van der Waals surface area contributed by atoms with E-state index in [0.717, 1.165) is 39.1 Å². The second-order valence-electron chi connectivity index (χ2n) is 15.3. The van der Waals surface area contributed by atoms with Crippen molar-refractivity contribution in [2.45, 2.75) is 5.41 Å². The highest BCUT2D eigenvalue weighted by atomic mass is 32.1. The van der Waals surface area contributed by atoms with Crippen LogP contribution in [0.4, 0.5) is 0 Å². The van der Waals surface area contributed by atoms with Crippen molar-refractivity contribution in [1.82, 2.24) is 9.97 Å². The third kappa shape index (κ3) is 4.90.